The minimum absolute atomic E-state index is 0.871. The Morgan fingerprint density at radius 3 is 2.76 bits per heavy atom. The normalized spacial score (nSPS) is 14.0. The highest BCUT2D eigenvalue weighted by atomic mass is 15.3. The fourth-order valence-electron chi connectivity index (χ4n) is 2.97. The van der Waals surface area contributed by atoms with Crippen molar-refractivity contribution in [1.29, 1.82) is 0 Å². The van der Waals surface area contributed by atoms with Gasteiger partial charge in [-0.15, -0.1) is 0 Å². The molecular formula is C16H23N5. The summed E-state index contributed by atoms with van der Waals surface area (Å²) < 4.78 is 1.92. The minimum atomic E-state index is 0.871. The highest BCUT2D eigenvalue weighted by Crippen LogP contribution is 2.25. The molecule has 0 radical (unpaired) electrons. The fourth-order valence-corrected chi connectivity index (χ4v) is 2.97. The molecule has 2 aromatic rings. The summed E-state index contributed by atoms with van der Waals surface area (Å²) in [5.41, 5.74) is 5.10. The first-order valence-corrected chi connectivity index (χ1v) is 7.73. The zero-order chi connectivity index (χ0) is 14.8. The van der Waals surface area contributed by atoms with Gasteiger partial charge in [-0.1, -0.05) is 0 Å². The van der Waals surface area contributed by atoms with Crippen LogP contribution in [0.15, 0.2) is 6.20 Å². The molecule has 0 saturated carbocycles. The van der Waals surface area contributed by atoms with Gasteiger partial charge in [-0.05, 0) is 51.5 Å². The van der Waals surface area contributed by atoms with E-state index in [9.17, 15) is 0 Å². The molecule has 1 aliphatic carbocycles. The molecule has 5 heteroatoms. The SMILES string of the molecule is Cc1nc2c(c(NCCc3cnn(C)c3C)n1)CCCC2. The number of aromatic nitrogens is 4. The summed E-state index contributed by atoms with van der Waals surface area (Å²) in [6.45, 7) is 4.97. The van der Waals surface area contributed by atoms with Crippen LogP contribution in [0.25, 0.3) is 0 Å². The fraction of sp³-hybridized carbons (Fsp3) is 0.562. The number of hydrogen-bond acceptors (Lipinski definition) is 4. The lowest BCUT2D eigenvalue weighted by Crippen LogP contribution is -2.15. The van der Waals surface area contributed by atoms with Gasteiger partial charge < -0.3 is 5.32 Å². The van der Waals surface area contributed by atoms with Crippen LogP contribution in [-0.2, 0) is 26.3 Å². The Hall–Kier alpha value is -1.91. The van der Waals surface area contributed by atoms with E-state index in [2.05, 4.69) is 27.3 Å². The van der Waals surface area contributed by atoms with Crippen molar-refractivity contribution >= 4 is 5.82 Å². The van der Waals surface area contributed by atoms with Crippen LogP contribution >= 0.6 is 0 Å². The molecule has 3 rings (SSSR count). The Kier molecular flexibility index (Phi) is 3.90. The van der Waals surface area contributed by atoms with Crippen molar-refractivity contribution < 1.29 is 0 Å². The van der Waals surface area contributed by atoms with Gasteiger partial charge in [-0.3, -0.25) is 4.68 Å². The summed E-state index contributed by atoms with van der Waals surface area (Å²) in [7, 11) is 1.98. The van der Waals surface area contributed by atoms with E-state index < -0.39 is 0 Å². The lowest BCUT2D eigenvalue weighted by molar-refractivity contribution is 0.659. The van der Waals surface area contributed by atoms with Crippen molar-refractivity contribution in [3.63, 3.8) is 0 Å². The Balaban J connectivity index is 1.70. The Morgan fingerprint density at radius 1 is 1.19 bits per heavy atom. The molecule has 0 saturated heterocycles. The quantitative estimate of drug-likeness (QED) is 0.937. The van der Waals surface area contributed by atoms with Crippen LogP contribution < -0.4 is 5.32 Å². The second kappa shape index (κ2) is 5.84. The Morgan fingerprint density at radius 2 is 2.00 bits per heavy atom. The molecule has 0 unspecified atom stereocenters. The van der Waals surface area contributed by atoms with Crippen LogP contribution in [0.5, 0.6) is 0 Å². The number of aryl methyl sites for hydroxylation is 3. The van der Waals surface area contributed by atoms with Gasteiger partial charge in [-0.2, -0.15) is 5.10 Å². The molecule has 2 heterocycles. The largest absolute Gasteiger partial charge is 0.369 e. The smallest absolute Gasteiger partial charge is 0.133 e. The van der Waals surface area contributed by atoms with E-state index in [1.807, 2.05) is 24.9 Å². The van der Waals surface area contributed by atoms with Crippen LogP contribution in [0.1, 0.15) is 41.2 Å². The van der Waals surface area contributed by atoms with Crippen LogP contribution in [0.3, 0.4) is 0 Å². The summed E-state index contributed by atoms with van der Waals surface area (Å²) >= 11 is 0. The number of rotatable bonds is 4. The zero-order valence-electron chi connectivity index (χ0n) is 13.1. The molecule has 21 heavy (non-hydrogen) atoms. The molecule has 0 atom stereocenters. The maximum atomic E-state index is 4.60. The standard InChI is InChI=1S/C16H23N5/c1-11-13(10-18-21(11)3)8-9-17-16-14-6-4-5-7-15(14)19-12(2)20-16/h10H,4-9H2,1-3H3,(H,17,19,20). The Bertz CT molecular complexity index is 644. The van der Waals surface area contributed by atoms with E-state index in [-0.39, 0.29) is 0 Å². The van der Waals surface area contributed by atoms with Gasteiger partial charge >= 0.3 is 0 Å². The van der Waals surface area contributed by atoms with Crippen LogP contribution in [-0.4, -0.2) is 26.3 Å². The van der Waals surface area contributed by atoms with Crippen molar-refractivity contribution in [3.8, 4) is 0 Å². The van der Waals surface area contributed by atoms with Crippen molar-refractivity contribution in [1.82, 2.24) is 19.7 Å². The Labute approximate surface area is 125 Å². The van der Waals surface area contributed by atoms with Gasteiger partial charge in [0.25, 0.3) is 0 Å². The van der Waals surface area contributed by atoms with Crippen molar-refractivity contribution in [2.45, 2.75) is 46.0 Å². The molecule has 0 aliphatic heterocycles. The molecule has 112 valence electrons. The lowest BCUT2D eigenvalue weighted by Gasteiger charge is -2.19. The van der Waals surface area contributed by atoms with E-state index in [0.717, 1.165) is 37.4 Å². The van der Waals surface area contributed by atoms with Crippen molar-refractivity contribution in [2.24, 2.45) is 7.05 Å². The molecule has 1 aliphatic rings. The second-order valence-electron chi connectivity index (χ2n) is 5.81. The number of nitrogens with one attached hydrogen (secondary N) is 1. The van der Waals surface area contributed by atoms with Crippen LogP contribution in [0.2, 0.25) is 0 Å². The number of anilines is 1. The first-order chi connectivity index (χ1) is 10.1. The summed E-state index contributed by atoms with van der Waals surface area (Å²) in [5, 5.41) is 7.80. The molecule has 1 N–H and O–H groups in total. The monoisotopic (exact) mass is 285 g/mol. The average molecular weight is 285 g/mol. The molecule has 2 aromatic heterocycles. The molecule has 0 amide bonds. The number of hydrogen-bond donors (Lipinski definition) is 1. The van der Waals surface area contributed by atoms with Gasteiger partial charge in [0, 0.05) is 30.5 Å². The van der Waals surface area contributed by atoms with Crippen molar-refractivity contribution in [2.75, 3.05) is 11.9 Å². The summed E-state index contributed by atoms with van der Waals surface area (Å²) in [6.07, 6.45) is 7.61. The lowest BCUT2D eigenvalue weighted by atomic mass is 9.96. The van der Waals surface area contributed by atoms with Gasteiger partial charge in [-0.25, -0.2) is 9.97 Å². The predicted octanol–water partition coefficient (Wildman–Crippen LogP) is 2.36. The van der Waals surface area contributed by atoms with Gasteiger partial charge in [0.15, 0.2) is 0 Å². The van der Waals surface area contributed by atoms with Gasteiger partial charge in [0.05, 0.1) is 6.20 Å². The third kappa shape index (κ3) is 2.91. The van der Waals surface area contributed by atoms with Gasteiger partial charge in [0.1, 0.15) is 11.6 Å². The average Bonchev–Trinajstić information content (AvgIpc) is 2.79. The van der Waals surface area contributed by atoms with E-state index >= 15 is 0 Å². The molecule has 0 aromatic carbocycles. The number of nitrogens with zero attached hydrogens (tertiary/aromatic N) is 4. The van der Waals surface area contributed by atoms with E-state index in [1.54, 1.807) is 0 Å². The second-order valence-corrected chi connectivity index (χ2v) is 5.81. The molecular weight excluding hydrogens is 262 g/mol. The predicted molar refractivity (Wildman–Crippen MR) is 83.5 cm³/mol. The van der Waals surface area contributed by atoms with Crippen molar-refractivity contribution in [3.05, 3.63) is 34.5 Å². The topological polar surface area (TPSA) is 55.6 Å². The summed E-state index contributed by atoms with van der Waals surface area (Å²) in [4.78, 5) is 9.20. The summed E-state index contributed by atoms with van der Waals surface area (Å²) in [5.74, 6) is 1.91. The maximum Gasteiger partial charge on any atom is 0.133 e. The minimum Gasteiger partial charge on any atom is -0.369 e. The van der Waals surface area contributed by atoms with E-state index in [4.69, 9.17) is 0 Å². The highest BCUT2D eigenvalue weighted by molar-refractivity contribution is 5.48. The van der Waals surface area contributed by atoms with E-state index in [1.165, 1.54) is 35.4 Å². The third-order valence-electron chi connectivity index (χ3n) is 4.32. The molecule has 0 spiro atoms. The maximum absolute atomic E-state index is 4.60. The van der Waals surface area contributed by atoms with Crippen LogP contribution in [0, 0.1) is 13.8 Å². The number of fused-ring (bicyclic) bond motifs is 1. The molecule has 0 bridgehead atoms. The van der Waals surface area contributed by atoms with Gasteiger partial charge in [0.2, 0.25) is 0 Å². The first kappa shape index (κ1) is 14.0. The zero-order valence-corrected chi connectivity index (χ0v) is 13.1. The highest BCUT2D eigenvalue weighted by Gasteiger charge is 2.16. The molecule has 0 fully saturated rings. The van der Waals surface area contributed by atoms with E-state index in [0.29, 0.717) is 0 Å². The first-order valence-electron chi connectivity index (χ1n) is 7.73. The summed E-state index contributed by atoms with van der Waals surface area (Å²) in [6, 6.07) is 0. The molecule has 5 nitrogen and oxygen atoms in total. The third-order valence-corrected chi connectivity index (χ3v) is 4.32. The van der Waals surface area contributed by atoms with Crippen LogP contribution in [0.4, 0.5) is 5.82 Å².